The third kappa shape index (κ3) is 2.54. The van der Waals surface area contributed by atoms with E-state index in [0.29, 0.717) is 0 Å². The Morgan fingerprint density at radius 3 is 2.08 bits per heavy atom. The lowest BCUT2D eigenvalue weighted by Crippen LogP contribution is -2.05. The quantitative estimate of drug-likeness (QED) is 0.717. The number of benzene rings is 1. The summed E-state index contributed by atoms with van der Waals surface area (Å²) < 4.78 is 21.7. The highest BCUT2D eigenvalue weighted by Gasteiger charge is 2.04. The predicted octanol–water partition coefficient (Wildman–Crippen LogP) is 2.16. The fourth-order valence-corrected chi connectivity index (χ4v) is 1.92. The number of aryl methyl sites for hydroxylation is 3. The number of rotatable bonds is 2. The van der Waals surface area contributed by atoms with Crippen molar-refractivity contribution in [2.75, 3.05) is 4.72 Å². The highest BCUT2D eigenvalue weighted by molar-refractivity contribution is 7.80. The molecule has 0 heterocycles. The molecular weight excluding hydrogens is 186 g/mol. The fraction of sp³-hybridized carbons (Fsp3) is 0.333. The van der Waals surface area contributed by atoms with Crippen molar-refractivity contribution in [3.63, 3.8) is 0 Å². The zero-order valence-corrected chi connectivity index (χ0v) is 8.73. The second-order valence-corrected chi connectivity index (χ2v) is 3.83. The summed E-state index contributed by atoms with van der Waals surface area (Å²) in [5, 5.41) is 0. The second-order valence-electron chi connectivity index (χ2n) is 3.12. The van der Waals surface area contributed by atoms with Crippen molar-refractivity contribution in [3.05, 3.63) is 28.8 Å². The van der Waals surface area contributed by atoms with E-state index in [1.165, 1.54) is 0 Å². The van der Waals surface area contributed by atoms with Crippen LogP contribution in [0, 0.1) is 20.8 Å². The van der Waals surface area contributed by atoms with Crippen molar-refractivity contribution in [3.8, 4) is 0 Å². The molecule has 4 heteroatoms. The molecule has 0 spiro atoms. The Morgan fingerprint density at radius 1 is 1.23 bits per heavy atom. The molecule has 1 atom stereocenters. The first-order chi connectivity index (χ1) is 6.00. The molecule has 13 heavy (non-hydrogen) atoms. The average molecular weight is 199 g/mol. The van der Waals surface area contributed by atoms with E-state index >= 15 is 0 Å². The Kier molecular flexibility index (Phi) is 3.06. The molecule has 3 nitrogen and oxygen atoms in total. The lowest BCUT2D eigenvalue weighted by atomic mass is 10.1. The Balaban J connectivity index is 3.13. The van der Waals surface area contributed by atoms with Gasteiger partial charge in [-0.15, -0.1) is 0 Å². The maximum Gasteiger partial charge on any atom is 0.259 e. The molecule has 1 unspecified atom stereocenters. The van der Waals surface area contributed by atoms with Gasteiger partial charge < -0.3 is 0 Å². The Bertz CT molecular complexity index is 326. The van der Waals surface area contributed by atoms with Gasteiger partial charge in [-0.3, -0.25) is 9.27 Å². The molecule has 0 aromatic heterocycles. The van der Waals surface area contributed by atoms with Crippen LogP contribution in [-0.4, -0.2) is 8.76 Å². The number of anilines is 1. The smallest absolute Gasteiger partial charge is 0.259 e. The maximum absolute atomic E-state index is 10.6. The minimum absolute atomic E-state index is 0.742. The van der Waals surface area contributed by atoms with Crippen molar-refractivity contribution in [1.29, 1.82) is 0 Å². The second kappa shape index (κ2) is 3.89. The van der Waals surface area contributed by atoms with Crippen LogP contribution < -0.4 is 4.72 Å². The molecule has 0 saturated carbocycles. The Hall–Kier alpha value is -0.870. The highest BCUT2D eigenvalue weighted by atomic mass is 32.2. The van der Waals surface area contributed by atoms with Crippen LogP contribution in [0.3, 0.4) is 0 Å². The summed E-state index contributed by atoms with van der Waals surface area (Å²) in [7, 11) is 0. The first kappa shape index (κ1) is 10.2. The van der Waals surface area contributed by atoms with E-state index in [0.717, 1.165) is 22.4 Å². The van der Waals surface area contributed by atoms with Gasteiger partial charge >= 0.3 is 0 Å². The van der Waals surface area contributed by atoms with Crippen molar-refractivity contribution in [2.24, 2.45) is 0 Å². The third-order valence-electron chi connectivity index (χ3n) is 1.87. The zero-order valence-electron chi connectivity index (χ0n) is 7.92. The normalized spacial score (nSPS) is 12.6. The molecule has 0 aliphatic carbocycles. The first-order valence-corrected chi connectivity index (χ1v) is 5.06. The van der Waals surface area contributed by atoms with Crippen LogP contribution in [0.5, 0.6) is 0 Å². The predicted molar refractivity (Wildman–Crippen MR) is 55.0 cm³/mol. The van der Waals surface area contributed by atoms with E-state index in [1.54, 1.807) is 0 Å². The van der Waals surface area contributed by atoms with E-state index in [4.69, 9.17) is 4.55 Å². The minimum atomic E-state index is -1.99. The zero-order chi connectivity index (χ0) is 10.0. The molecule has 1 rings (SSSR count). The van der Waals surface area contributed by atoms with E-state index in [9.17, 15) is 4.21 Å². The fourth-order valence-electron chi connectivity index (χ4n) is 1.43. The molecule has 0 fully saturated rings. The lowest BCUT2D eigenvalue weighted by molar-refractivity contribution is 0.570. The van der Waals surface area contributed by atoms with Crippen LogP contribution in [0.15, 0.2) is 12.1 Å². The third-order valence-corrected chi connectivity index (χ3v) is 2.25. The summed E-state index contributed by atoms with van der Waals surface area (Å²) in [5.74, 6) is 0. The van der Waals surface area contributed by atoms with E-state index in [2.05, 4.69) is 4.72 Å². The standard InChI is InChI=1S/C9H13NO2S/c1-6-4-7(2)9(8(3)5-6)10-13(11)12/h4-5,10H,1-3H3,(H,11,12). The van der Waals surface area contributed by atoms with Gasteiger partial charge in [0.15, 0.2) is 0 Å². The van der Waals surface area contributed by atoms with Crippen molar-refractivity contribution in [1.82, 2.24) is 0 Å². The van der Waals surface area contributed by atoms with Crippen molar-refractivity contribution < 1.29 is 8.76 Å². The summed E-state index contributed by atoms with van der Waals surface area (Å²) in [5.41, 5.74) is 3.87. The van der Waals surface area contributed by atoms with Gasteiger partial charge in [0.05, 0.1) is 5.69 Å². The summed E-state index contributed by atoms with van der Waals surface area (Å²) in [6.45, 7) is 5.82. The lowest BCUT2D eigenvalue weighted by Gasteiger charge is -2.10. The SMILES string of the molecule is Cc1cc(C)c(NS(=O)O)c(C)c1. The number of hydrogen-bond donors (Lipinski definition) is 2. The highest BCUT2D eigenvalue weighted by Crippen LogP contribution is 2.21. The monoisotopic (exact) mass is 199 g/mol. The van der Waals surface area contributed by atoms with Crippen LogP contribution in [0.1, 0.15) is 16.7 Å². The molecule has 1 aromatic rings. The summed E-state index contributed by atoms with van der Waals surface area (Å²) in [6.07, 6.45) is 0. The van der Waals surface area contributed by atoms with Crippen LogP contribution in [0.2, 0.25) is 0 Å². The molecular formula is C9H13NO2S. The first-order valence-electron chi connectivity index (χ1n) is 3.96. The Labute approximate surface area is 80.6 Å². The number of nitrogens with one attached hydrogen (secondary N) is 1. The molecule has 72 valence electrons. The summed E-state index contributed by atoms with van der Waals surface area (Å²) >= 11 is -1.99. The van der Waals surface area contributed by atoms with Gasteiger partial charge in [0, 0.05) is 0 Å². The summed E-state index contributed by atoms with van der Waals surface area (Å²) in [6, 6.07) is 3.95. The summed E-state index contributed by atoms with van der Waals surface area (Å²) in [4.78, 5) is 0. The Morgan fingerprint density at radius 2 is 1.69 bits per heavy atom. The average Bonchev–Trinajstić information content (AvgIpc) is 1.96. The largest absolute Gasteiger partial charge is 0.289 e. The molecule has 0 radical (unpaired) electrons. The topological polar surface area (TPSA) is 49.3 Å². The molecule has 1 aromatic carbocycles. The molecule has 0 bridgehead atoms. The van der Waals surface area contributed by atoms with Crippen LogP contribution in [-0.2, 0) is 11.3 Å². The van der Waals surface area contributed by atoms with Crippen LogP contribution in [0.25, 0.3) is 0 Å². The molecule has 0 saturated heterocycles. The van der Waals surface area contributed by atoms with Crippen LogP contribution >= 0.6 is 0 Å². The van der Waals surface area contributed by atoms with Crippen molar-refractivity contribution in [2.45, 2.75) is 20.8 Å². The van der Waals surface area contributed by atoms with Gasteiger partial charge in [-0.2, -0.15) is 0 Å². The molecule has 0 aliphatic rings. The minimum Gasteiger partial charge on any atom is -0.289 e. The van der Waals surface area contributed by atoms with Gasteiger partial charge in [-0.25, -0.2) is 4.21 Å². The van der Waals surface area contributed by atoms with Gasteiger partial charge in [0.25, 0.3) is 11.3 Å². The molecule has 0 aliphatic heterocycles. The maximum atomic E-state index is 10.6. The van der Waals surface area contributed by atoms with Gasteiger partial charge in [0.1, 0.15) is 0 Å². The van der Waals surface area contributed by atoms with E-state index < -0.39 is 11.3 Å². The van der Waals surface area contributed by atoms with Crippen LogP contribution in [0.4, 0.5) is 5.69 Å². The molecule has 0 amide bonds. The van der Waals surface area contributed by atoms with E-state index in [1.807, 2.05) is 32.9 Å². The number of hydrogen-bond acceptors (Lipinski definition) is 1. The van der Waals surface area contributed by atoms with Crippen molar-refractivity contribution >= 4 is 17.0 Å². The van der Waals surface area contributed by atoms with Gasteiger partial charge in [-0.05, 0) is 31.9 Å². The molecule has 2 N–H and O–H groups in total. The van der Waals surface area contributed by atoms with Gasteiger partial charge in [-0.1, -0.05) is 17.7 Å². The van der Waals surface area contributed by atoms with E-state index in [-0.39, 0.29) is 0 Å². The van der Waals surface area contributed by atoms with Gasteiger partial charge in [0.2, 0.25) is 0 Å².